The molecule has 0 atom stereocenters. The summed E-state index contributed by atoms with van der Waals surface area (Å²) in [5.74, 6) is 0.354. The Morgan fingerprint density at radius 1 is 1.12 bits per heavy atom. The van der Waals surface area contributed by atoms with Gasteiger partial charge in [-0.2, -0.15) is 0 Å². The number of pyridine rings is 1. The predicted octanol–water partition coefficient (Wildman–Crippen LogP) is 3.86. The summed E-state index contributed by atoms with van der Waals surface area (Å²) in [4.78, 5) is 15.9. The zero-order valence-corrected chi connectivity index (χ0v) is 18.1. The van der Waals surface area contributed by atoms with Crippen molar-refractivity contribution in [1.29, 1.82) is 0 Å². The van der Waals surface area contributed by atoms with Gasteiger partial charge in [0.25, 0.3) is 0 Å². The van der Waals surface area contributed by atoms with Gasteiger partial charge < -0.3 is 24.7 Å². The summed E-state index contributed by atoms with van der Waals surface area (Å²) in [6.45, 7) is 0.718. The molecule has 7 heteroatoms. The molecular weight excluding hydrogens is 408 g/mol. The molecule has 0 aliphatic carbocycles. The highest BCUT2D eigenvalue weighted by Crippen LogP contribution is 2.32. The van der Waals surface area contributed by atoms with Crippen LogP contribution in [0.3, 0.4) is 0 Å². The van der Waals surface area contributed by atoms with Gasteiger partial charge in [-0.3, -0.25) is 9.78 Å². The number of ether oxygens (including phenoxy) is 2. The monoisotopic (exact) mass is 434 g/mol. The number of fused-ring (bicyclic) bond motifs is 1. The summed E-state index contributed by atoms with van der Waals surface area (Å²) in [7, 11) is 2.38. The second-order valence-corrected chi connectivity index (χ2v) is 6.87. The van der Waals surface area contributed by atoms with Crippen molar-refractivity contribution in [2.75, 3.05) is 14.2 Å². The van der Waals surface area contributed by atoms with E-state index in [0.717, 1.165) is 46.0 Å². The van der Waals surface area contributed by atoms with Gasteiger partial charge in [-0.25, -0.2) is 0 Å². The first-order valence-corrected chi connectivity index (χ1v) is 10.1. The fourth-order valence-electron chi connectivity index (χ4n) is 3.38. The van der Waals surface area contributed by atoms with E-state index in [1.807, 2.05) is 54.6 Å². The number of methoxy groups -OCH3 is 1. The standard InChI is InChI=1S/C24H22N2O4.CH4O/c1-28-23(27)13-18-4-2-3-5-22(18)30-15-16-10-19-7-9-29-24(19)21(11-16)17-6-8-26-20(12-17)14-25;1-2/h2-12H,13-15,25H2,1H3;2H,1H3. The first kappa shape index (κ1) is 23.0. The second kappa shape index (κ2) is 11.1. The lowest BCUT2D eigenvalue weighted by Gasteiger charge is -2.12. The number of para-hydroxylation sites is 1. The maximum atomic E-state index is 11.7. The van der Waals surface area contributed by atoms with Crippen LogP contribution in [-0.2, 0) is 29.1 Å². The molecule has 0 saturated carbocycles. The van der Waals surface area contributed by atoms with E-state index >= 15 is 0 Å². The first-order chi connectivity index (χ1) is 15.7. The molecule has 2 heterocycles. The molecule has 3 N–H and O–H groups in total. The van der Waals surface area contributed by atoms with Crippen LogP contribution in [0, 0.1) is 0 Å². The summed E-state index contributed by atoms with van der Waals surface area (Å²) in [6, 6.07) is 17.4. The molecule has 4 rings (SSSR count). The highest BCUT2D eigenvalue weighted by molar-refractivity contribution is 5.93. The van der Waals surface area contributed by atoms with Gasteiger partial charge in [-0.05, 0) is 47.5 Å². The smallest absolute Gasteiger partial charge is 0.310 e. The molecule has 0 amide bonds. The number of nitrogens with zero attached hydrogens (tertiary/aromatic N) is 1. The lowest BCUT2D eigenvalue weighted by atomic mass is 10.0. The number of benzene rings is 2. The molecule has 0 fully saturated rings. The van der Waals surface area contributed by atoms with Crippen molar-refractivity contribution in [2.45, 2.75) is 19.6 Å². The van der Waals surface area contributed by atoms with Crippen LogP contribution in [-0.4, -0.2) is 30.3 Å². The Hall–Kier alpha value is -3.68. The topological polar surface area (TPSA) is 108 Å². The molecule has 0 saturated heterocycles. The van der Waals surface area contributed by atoms with Crippen LogP contribution in [0.1, 0.15) is 16.8 Å². The Morgan fingerprint density at radius 3 is 2.72 bits per heavy atom. The Bertz CT molecular complexity index is 1190. The Kier molecular flexibility index (Phi) is 7.96. The minimum atomic E-state index is -0.304. The number of hydrogen-bond acceptors (Lipinski definition) is 7. The molecule has 0 spiro atoms. The number of nitrogens with two attached hydrogens (primary N) is 1. The van der Waals surface area contributed by atoms with E-state index in [-0.39, 0.29) is 12.4 Å². The zero-order valence-electron chi connectivity index (χ0n) is 18.1. The fourth-order valence-corrected chi connectivity index (χ4v) is 3.38. The SMILES string of the molecule is CO.COC(=O)Cc1ccccc1OCc1cc(-c2ccnc(CN)c2)c2occc2c1. The van der Waals surface area contributed by atoms with E-state index in [9.17, 15) is 4.79 Å². The van der Waals surface area contributed by atoms with E-state index in [1.165, 1.54) is 7.11 Å². The van der Waals surface area contributed by atoms with E-state index < -0.39 is 0 Å². The molecular formula is C25H26N2O5. The number of carbonyl (C=O) groups is 1. The summed E-state index contributed by atoms with van der Waals surface area (Å²) in [5.41, 5.74) is 11.1. The first-order valence-electron chi connectivity index (χ1n) is 10.1. The molecule has 7 nitrogen and oxygen atoms in total. The lowest BCUT2D eigenvalue weighted by Crippen LogP contribution is -2.06. The number of carbonyl (C=O) groups excluding carboxylic acids is 1. The Labute approximate surface area is 186 Å². The average molecular weight is 434 g/mol. The number of aliphatic hydroxyl groups is 1. The molecule has 0 aliphatic heterocycles. The molecule has 4 aromatic rings. The van der Waals surface area contributed by atoms with Crippen molar-refractivity contribution in [1.82, 2.24) is 4.98 Å². The maximum absolute atomic E-state index is 11.7. The number of aromatic nitrogens is 1. The summed E-state index contributed by atoms with van der Waals surface area (Å²) < 4.78 is 16.6. The quantitative estimate of drug-likeness (QED) is 0.425. The highest BCUT2D eigenvalue weighted by atomic mass is 16.5. The van der Waals surface area contributed by atoms with E-state index in [0.29, 0.717) is 18.9 Å². The van der Waals surface area contributed by atoms with Gasteiger partial charge in [0.1, 0.15) is 17.9 Å². The molecule has 0 bridgehead atoms. The number of esters is 1. The van der Waals surface area contributed by atoms with Crippen molar-refractivity contribution in [3.63, 3.8) is 0 Å². The number of rotatable bonds is 7. The second-order valence-electron chi connectivity index (χ2n) is 6.87. The lowest BCUT2D eigenvalue weighted by molar-refractivity contribution is -0.139. The molecule has 0 aliphatic rings. The minimum absolute atomic E-state index is 0.164. The Morgan fingerprint density at radius 2 is 1.94 bits per heavy atom. The van der Waals surface area contributed by atoms with Crippen LogP contribution in [0.2, 0.25) is 0 Å². The Balaban J connectivity index is 0.00000141. The molecule has 166 valence electrons. The van der Waals surface area contributed by atoms with E-state index in [1.54, 1.807) is 12.5 Å². The third kappa shape index (κ3) is 5.32. The number of furan rings is 1. The third-order valence-corrected chi connectivity index (χ3v) is 4.88. The van der Waals surface area contributed by atoms with Crippen molar-refractivity contribution in [2.24, 2.45) is 5.73 Å². The predicted molar refractivity (Wildman–Crippen MR) is 122 cm³/mol. The van der Waals surface area contributed by atoms with E-state index in [4.69, 9.17) is 24.7 Å². The van der Waals surface area contributed by atoms with Gasteiger partial charge in [0.05, 0.1) is 25.5 Å². The number of hydrogen-bond donors (Lipinski definition) is 2. The highest BCUT2D eigenvalue weighted by Gasteiger charge is 2.13. The largest absolute Gasteiger partial charge is 0.489 e. The fraction of sp³-hybridized carbons (Fsp3) is 0.200. The number of aliphatic hydroxyl groups excluding tert-OH is 1. The normalized spacial score (nSPS) is 10.4. The van der Waals surface area contributed by atoms with Crippen LogP contribution in [0.25, 0.3) is 22.1 Å². The minimum Gasteiger partial charge on any atom is -0.489 e. The average Bonchev–Trinajstić information content (AvgIpc) is 3.33. The van der Waals surface area contributed by atoms with Crippen molar-refractivity contribution in [3.8, 4) is 16.9 Å². The van der Waals surface area contributed by atoms with Crippen LogP contribution in [0.4, 0.5) is 0 Å². The third-order valence-electron chi connectivity index (χ3n) is 4.88. The van der Waals surface area contributed by atoms with Gasteiger partial charge in [0.15, 0.2) is 0 Å². The maximum Gasteiger partial charge on any atom is 0.310 e. The van der Waals surface area contributed by atoms with Gasteiger partial charge >= 0.3 is 5.97 Å². The molecule has 0 radical (unpaired) electrons. The molecule has 0 unspecified atom stereocenters. The van der Waals surface area contributed by atoms with Crippen LogP contribution >= 0.6 is 0 Å². The molecule has 2 aromatic heterocycles. The summed E-state index contributed by atoms with van der Waals surface area (Å²) >= 11 is 0. The summed E-state index contributed by atoms with van der Waals surface area (Å²) in [5, 5.41) is 7.99. The van der Waals surface area contributed by atoms with Crippen LogP contribution in [0.5, 0.6) is 5.75 Å². The summed E-state index contributed by atoms with van der Waals surface area (Å²) in [6.07, 6.45) is 3.59. The van der Waals surface area contributed by atoms with E-state index in [2.05, 4.69) is 4.98 Å². The van der Waals surface area contributed by atoms with Gasteiger partial charge in [0, 0.05) is 36.4 Å². The molecule has 2 aromatic carbocycles. The molecule has 32 heavy (non-hydrogen) atoms. The van der Waals surface area contributed by atoms with Gasteiger partial charge in [0.2, 0.25) is 0 Å². The van der Waals surface area contributed by atoms with Crippen LogP contribution < -0.4 is 10.5 Å². The zero-order chi connectivity index (χ0) is 22.9. The van der Waals surface area contributed by atoms with Crippen molar-refractivity contribution < 1.29 is 23.8 Å². The van der Waals surface area contributed by atoms with Crippen LogP contribution in [0.15, 0.2) is 71.5 Å². The van der Waals surface area contributed by atoms with Gasteiger partial charge in [-0.1, -0.05) is 18.2 Å². The van der Waals surface area contributed by atoms with Gasteiger partial charge in [-0.15, -0.1) is 0 Å². The van der Waals surface area contributed by atoms with Crippen molar-refractivity contribution in [3.05, 3.63) is 83.9 Å². The van der Waals surface area contributed by atoms with Crippen molar-refractivity contribution >= 4 is 16.9 Å².